The predicted molar refractivity (Wildman–Crippen MR) is 77.8 cm³/mol. The number of anilines is 1. The number of nitrogens with zero attached hydrogens (tertiary/aromatic N) is 1. The van der Waals surface area contributed by atoms with Crippen LogP contribution in [-0.4, -0.2) is 30.8 Å². The summed E-state index contributed by atoms with van der Waals surface area (Å²) >= 11 is 0. The molecule has 1 atom stereocenters. The van der Waals surface area contributed by atoms with Crippen LogP contribution in [0.1, 0.15) is 18.4 Å². The Balaban J connectivity index is 2.05. The lowest BCUT2D eigenvalue weighted by Gasteiger charge is -2.09. The molecular formula is C13H16N2O5S. The average Bonchev–Trinajstić information content (AvgIpc) is 2.70. The van der Waals surface area contributed by atoms with Gasteiger partial charge in [-0.15, -0.1) is 0 Å². The van der Waals surface area contributed by atoms with Gasteiger partial charge in [0.15, 0.2) is 9.84 Å². The molecule has 1 fully saturated rings. The van der Waals surface area contributed by atoms with Gasteiger partial charge in [0.2, 0.25) is 5.91 Å². The highest BCUT2D eigenvalue weighted by atomic mass is 32.2. The van der Waals surface area contributed by atoms with E-state index in [1.54, 1.807) is 13.0 Å². The second kappa shape index (κ2) is 5.80. The van der Waals surface area contributed by atoms with Gasteiger partial charge >= 0.3 is 0 Å². The Morgan fingerprint density at radius 2 is 2.19 bits per heavy atom. The Morgan fingerprint density at radius 1 is 1.48 bits per heavy atom. The molecule has 2 rings (SSSR count). The maximum absolute atomic E-state index is 11.9. The molecule has 114 valence electrons. The number of hydrogen-bond donors (Lipinski definition) is 1. The molecule has 1 heterocycles. The fraction of sp³-hybridized carbons (Fsp3) is 0.462. The van der Waals surface area contributed by atoms with Crippen LogP contribution >= 0.6 is 0 Å². The van der Waals surface area contributed by atoms with Crippen LogP contribution in [0.4, 0.5) is 11.4 Å². The largest absolute Gasteiger partial charge is 0.320 e. The van der Waals surface area contributed by atoms with Gasteiger partial charge in [-0.3, -0.25) is 14.9 Å². The van der Waals surface area contributed by atoms with Crippen molar-refractivity contribution < 1.29 is 18.1 Å². The Hall–Kier alpha value is -1.96. The molecule has 21 heavy (non-hydrogen) atoms. The molecule has 1 N–H and O–H groups in total. The van der Waals surface area contributed by atoms with Crippen LogP contribution < -0.4 is 5.32 Å². The van der Waals surface area contributed by atoms with E-state index >= 15 is 0 Å². The number of rotatable bonds is 4. The van der Waals surface area contributed by atoms with Crippen molar-refractivity contribution in [2.45, 2.75) is 19.8 Å². The van der Waals surface area contributed by atoms with E-state index in [-0.39, 0.29) is 35.2 Å². The molecule has 1 aliphatic heterocycles. The van der Waals surface area contributed by atoms with E-state index < -0.39 is 20.7 Å². The third kappa shape index (κ3) is 4.01. The minimum atomic E-state index is -3.03. The van der Waals surface area contributed by atoms with Crippen molar-refractivity contribution in [3.63, 3.8) is 0 Å². The van der Waals surface area contributed by atoms with Crippen LogP contribution in [-0.2, 0) is 14.6 Å². The van der Waals surface area contributed by atoms with Gasteiger partial charge in [-0.25, -0.2) is 8.42 Å². The quantitative estimate of drug-likeness (QED) is 0.672. The van der Waals surface area contributed by atoms with Crippen molar-refractivity contribution in [2.75, 3.05) is 16.8 Å². The summed E-state index contributed by atoms with van der Waals surface area (Å²) in [5, 5.41) is 13.5. The first-order chi connectivity index (χ1) is 9.77. The molecular weight excluding hydrogens is 296 g/mol. The maximum atomic E-state index is 11.9. The fourth-order valence-electron chi connectivity index (χ4n) is 2.39. The number of aryl methyl sites for hydroxylation is 1. The first kappa shape index (κ1) is 15.4. The maximum Gasteiger partial charge on any atom is 0.293 e. The van der Waals surface area contributed by atoms with Crippen LogP contribution in [0.3, 0.4) is 0 Å². The Morgan fingerprint density at radius 3 is 2.76 bits per heavy atom. The van der Waals surface area contributed by atoms with Gasteiger partial charge in [0.1, 0.15) is 5.69 Å². The number of nitro benzene ring substituents is 1. The third-order valence-electron chi connectivity index (χ3n) is 3.42. The highest BCUT2D eigenvalue weighted by molar-refractivity contribution is 7.91. The summed E-state index contributed by atoms with van der Waals surface area (Å²) in [6.45, 7) is 1.72. The van der Waals surface area contributed by atoms with E-state index in [0.29, 0.717) is 6.42 Å². The zero-order chi connectivity index (χ0) is 15.6. The first-order valence-corrected chi connectivity index (χ1v) is 8.34. The standard InChI is InChI=1S/C13H16N2O5S/c1-9-2-3-11(12(6-9)15(17)18)14-13(16)7-10-4-5-21(19,20)8-10/h2-3,6,10H,4-5,7-8H2,1H3,(H,14,16)/t10-/m1/s1. The molecule has 1 aromatic rings. The van der Waals surface area contributed by atoms with E-state index in [1.165, 1.54) is 12.1 Å². The number of nitrogens with one attached hydrogen (secondary N) is 1. The smallest absolute Gasteiger partial charge is 0.293 e. The molecule has 1 saturated heterocycles. The van der Waals surface area contributed by atoms with E-state index in [2.05, 4.69) is 5.32 Å². The molecule has 7 nitrogen and oxygen atoms in total. The summed E-state index contributed by atoms with van der Waals surface area (Å²) in [5.41, 5.74) is 0.695. The SMILES string of the molecule is Cc1ccc(NC(=O)C[C@H]2CCS(=O)(=O)C2)c([N+](=O)[O-])c1. The lowest BCUT2D eigenvalue weighted by Crippen LogP contribution is -2.18. The molecule has 0 unspecified atom stereocenters. The number of carbonyl (C=O) groups is 1. The monoisotopic (exact) mass is 312 g/mol. The molecule has 8 heteroatoms. The number of sulfone groups is 1. The molecule has 0 aromatic heterocycles. The van der Waals surface area contributed by atoms with Crippen LogP contribution in [0.5, 0.6) is 0 Å². The number of hydrogen-bond acceptors (Lipinski definition) is 5. The lowest BCUT2D eigenvalue weighted by molar-refractivity contribution is -0.384. The van der Waals surface area contributed by atoms with Crippen molar-refractivity contribution in [2.24, 2.45) is 5.92 Å². The van der Waals surface area contributed by atoms with Gasteiger partial charge < -0.3 is 5.32 Å². The molecule has 0 bridgehead atoms. The Kier molecular flexibility index (Phi) is 4.26. The van der Waals surface area contributed by atoms with Gasteiger partial charge in [0.05, 0.1) is 16.4 Å². The highest BCUT2D eigenvalue weighted by Crippen LogP contribution is 2.27. The highest BCUT2D eigenvalue weighted by Gasteiger charge is 2.29. The summed E-state index contributed by atoms with van der Waals surface area (Å²) < 4.78 is 22.7. The summed E-state index contributed by atoms with van der Waals surface area (Å²) in [4.78, 5) is 22.3. The molecule has 0 radical (unpaired) electrons. The number of carbonyl (C=O) groups excluding carboxylic acids is 1. The van der Waals surface area contributed by atoms with Crippen LogP contribution in [0.15, 0.2) is 18.2 Å². The Labute approximate surface area is 122 Å². The number of benzene rings is 1. The van der Waals surface area contributed by atoms with E-state index in [1.807, 2.05) is 0 Å². The van der Waals surface area contributed by atoms with Gasteiger partial charge in [-0.1, -0.05) is 6.07 Å². The van der Waals surface area contributed by atoms with E-state index in [4.69, 9.17) is 0 Å². The zero-order valence-electron chi connectivity index (χ0n) is 11.5. The molecule has 0 spiro atoms. The second-order valence-electron chi connectivity index (χ2n) is 5.30. The normalized spacial score (nSPS) is 20.1. The Bertz CT molecular complexity index is 684. The van der Waals surface area contributed by atoms with E-state index in [0.717, 1.165) is 5.56 Å². The van der Waals surface area contributed by atoms with Crippen molar-refractivity contribution in [1.29, 1.82) is 0 Å². The number of nitro groups is 1. The van der Waals surface area contributed by atoms with Gasteiger partial charge in [0.25, 0.3) is 5.69 Å². The zero-order valence-corrected chi connectivity index (χ0v) is 12.4. The van der Waals surface area contributed by atoms with Crippen LogP contribution in [0, 0.1) is 23.0 Å². The number of amides is 1. The molecule has 0 saturated carbocycles. The van der Waals surface area contributed by atoms with Crippen molar-refractivity contribution >= 4 is 27.1 Å². The molecule has 1 aromatic carbocycles. The van der Waals surface area contributed by atoms with Gasteiger partial charge in [-0.2, -0.15) is 0 Å². The molecule has 0 aliphatic carbocycles. The average molecular weight is 312 g/mol. The lowest BCUT2D eigenvalue weighted by atomic mass is 10.0. The minimum Gasteiger partial charge on any atom is -0.320 e. The van der Waals surface area contributed by atoms with Crippen LogP contribution in [0.25, 0.3) is 0 Å². The van der Waals surface area contributed by atoms with Crippen molar-refractivity contribution in [3.05, 3.63) is 33.9 Å². The minimum absolute atomic E-state index is 0.0103. The van der Waals surface area contributed by atoms with Gasteiger partial charge in [-0.05, 0) is 30.9 Å². The summed E-state index contributed by atoms with van der Waals surface area (Å²) in [5.74, 6) is -0.491. The second-order valence-corrected chi connectivity index (χ2v) is 7.53. The molecule has 1 amide bonds. The fourth-order valence-corrected chi connectivity index (χ4v) is 4.26. The van der Waals surface area contributed by atoms with Crippen molar-refractivity contribution in [1.82, 2.24) is 0 Å². The van der Waals surface area contributed by atoms with Gasteiger partial charge in [0, 0.05) is 12.5 Å². The first-order valence-electron chi connectivity index (χ1n) is 6.52. The van der Waals surface area contributed by atoms with Crippen LogP contribution in [0.2, 0.25) is 0 Å². The summed E-state index contributed by atoms with van der Waals surface area (Å²) in [6, 6.07) is 4.54. The topological polar surface area (TPSA) is 106 Å². The third-order valence-corrected chi connectivity index (χ3v) is 5.26. The summed E-state index contributed by atoms with van der Waals surface area (Å²) in [6.07, 6.45) is 0.524. The predicted octanol–water partition coefficient (Wildman–Crippen LogP) is 1.67. The summed E-state index contributed by atoms with van der Waals surface area (Å²) in [7, 11) is -3.03. The molecule has 1 aliphatic rings. The van der Waals surface area contributed by atoms with Crippen molar-refractivity contribution in [3.8, 4) is 0 Å². The van der Waals surface area contributed by atoms with E-state index in [9.17, 15) is 23.3 Å².